The Labute approximate surface area is 169 Å². The Hall–Kier alpha value is -2.63. The summed E-state index contributed by atoms with van der Waals surface area (Å²) in [5, 5.41) is 4.40. The fourth-order valence-corrected chi connectivity index (χ4v) is 3.78. The van der Waals surface area contributed by atoms with Crippen LogP contribution in [0.2, 0.25) is 5.02 Å². The summed E-state index contributed by atoms with van der Waals surface area (Å²) in [6, 6.07) is 16.3. The molecule has 0 bridgehead atoms. The molecular formula is C22H24ClN3O2. The number of hydrogen-bond acceptors (Lipinski definition) is 3. The molecule has 0 aliphatic heterocycles. The van der Waals surface area contributed by atoms with E-state index in [0.717, 1.165) is 24.0 Å². The maximum absolute atomic E-state index is 12.9. The summed E-state index contributed by atoms with van der Waals surface area (Å²) < 4.78 is 0. The van der Waals surface area contributed by atoms with E-state index in [9.17, 15) is 9.59 Å². The molecule has 0 spiro atoms. The molecule has 1 amide bonds. The van der Waals surface area contributed by atoms with E-state index in [1.807, 2.05) is 42.5 Å². The minimum atomic E-state index is -0.296. The number of aromatic nitrogens is 1. The van der Waals surface area contributed by atoms with E-state index in [1.165, 1.54) is 6.07 Å². The smallest absolute Gasteiger partial charge is 0.252 e. The average molecular weight is 398 g/mol. The number of aromatic amines is 1. The van der Waals surface area contributed by atoms with E-state index in [1.54, 1.807) is 6.07 Å². The lowest BCUT2D eigenvalue weighted by Gasteiger charge is -2.31. The number of nitrogens with zero attached hydrogens (tertiary/aromatic N) is 1. The van der Waals surface area contributed by atoms with Crippen LogP contribution < -0.4 is 10.9 Å². The minimum Gasteiger partial charge on any atom is -0.350 e. The molecule has 3 rings (SSSR count). The molecule has 146 valence electrons. The van der Waals surface area contributed by atoms with Gasteiger partial charge >= 0.3 is 0 Å². The summed E-state index contributed by atoms with van der Waals surface area (Å²) in [7, 11) is 0. The van der Waals surface area contributed by atoms with Gasteiger partial charge in [0, 0.05) is 28.5 Å². The standard InChI is InChI=1S/C22H24ClN3O2/c1-3-26(4-2)20(16-10-5-7-11-18(16)23)14-24-22(28)17-13-21(27)25-19-12-8-6-9-15(17)19/h5-13,20H,3-4,14H2,1-2H3,(H,24,28)(H,25,27)/t20-/m1/s1. The van der Waals surface area contributed by atoms with Gasteiger partial charge in [0.2, 0.25) is 5.56 Å². The number of fused-ring (bicyclic) bond motifs is 1. The highest BCUT2D eigenvalue weighted by Crippen LogP contribution is 2.27. The topological polar surface area (TPSA) is 65.2 Å². The number of halogens is 1. The number of benzene rings is 2. The van der Waals surface area contributed by atoms with Gasteiger partial charge < -0.3 is 10.3 Å². The number of carbonyl (C=O) groups excluding carboxylic acids is 1. The van der Waals surface area contributed by atoms with Crippen molar-refractivity contribution in [3.05, 3.63) is 81.1 Å². The molecule has 1 heterocycles. The molecule has 28 heavy (non-hydrogen) atoms. The summed E-state index contributed by atoms with van der Waals surface area (Å²) in [6.07, 6.45) is 0. The SMILES string of the molecule is CCN(CC)[C@H](CNC(=O)c1cc(=O)[nH]c2ccccc12)c1ccccc1Cl. The predicted octanol–water partition coefficient (Wildman–Crippen LogP) is 3.99. The second kappa shape index (κ2) is 9.04. The second-order valence-corrected chi connectivity index (χ2v) is 6.97. The van der Waals surface area contributed by atoms with E-state index in [0.29, 0.717) is 22.6 Å². The van der Waals surface area contributed by atoms with E-state index in [-0.39, 0.29) is 17.5 Å². The predicted molar refractivity (Wildman–Crippen MR) is 114 cm³/mol. The lowest BCUT2D eigenvalue weighted by Crippen LogP contribution is -2.38. The lowest BCUT2D eigenvalue weighted by atomic mass is 10.0. The van der Waals surface area contributed by atoms with Crippen molar-refractivity contribution in [1.29, 1.82) is 0 Å². The molecule has 1 aromatic heterocycles. The van der Waals surface area contributed by atoms with Gasteiger partial charge in [0.05, 0.1) is 11.6 Å². The molecule has 0 radical (unpaired) electrons. The summed E-state index contributed by atoms with van der Waals surface area (Å²) in [4.78, 5) is 29.9. The number of amides is 1. The van der Waals surface area contributed by atoms with E-state index in [2.05, 4.69) is 29.0 Å². The van der Waals surface area contributed by atoms with Gasteiger partial charge in [-0.05, 0) is 30.8 Å². The van der Waals surface area contributed by atoms with Crippen molar-refractivity contribution < 1.29 is 4.79 Å². The van der Waals surface area contributed by atoms with Crippen molar-refractivity contribution in [2.45, 2.75) is 19.9 Å². The van der Waals surface area contributed by atoms with Gasteiger partial charge in [-0.15, -0.1) is 0 Å². The third kappa shape index (κ3) is 4.26. The Bertz CT molecular complexity index is 1030. The van der Waals surface area contributed by atoms with Crippen LogP contribution in [0, 0.1) is 0 Å². The van der Waals surface area contributed by atoms with Crippen LogP contribution in [0.4, 0.5) is 0 Å². The van der Waals surface area contributed by atoms with E-state index >= 15 is 0 Å². The Balaban J connectivity index is 1.89. The number of rotatable bonds is 7. The van der Waals surface area contributed by atoms with Gasteiger partial charge in [-0.1, -0.05) is 61.8 Å². The number of para-hydroxylation sites is 1. The van der Waals surface area contributed by atoms with Crippen molar-refractivity contribution in [3.63, 3.8) is 0 Å². The first-order chi connectivity index (χ1) is 13.5. The number of H-pyrrole nitrogens is 1. The van der Waals surface area contributed by atoms with Crippen molar-refractivity contribution >= 4 is 28.4 Å². The maximum atomic E-state index is 12.9. The lowest BCUT2D eigenvalue weighted by molar-refractivity contribution is 0.0936. The van der Waals surface area contributed by atoms with Crippen LogP contribution >= 0.6 is 11.6 Å². The van der Waals surface area contributed by atoms with Crippen molar-refractivity contribution in [3.8, 4) is 0 Å². The van der Waals surface area contributed by atoms with Crippen LogP contribution in [0.3, 0.4) is 0 Å². The molecule has 0 aliphatic rings. The summed E-state index contributed by atoms with van der Waals surface area (Å²) in [5.74, 6) is -0.272. The molecular weight excluding hydrogens is 374 g/mol. The Morgan fingerprint density at radius 2 is 1.79 bits per heavy atom. The van der Waals surface area contributed by atoms with Gasteiger partial charge in [-0.2, -0.15) is 0 Å². The van der Waals surface area contributed by atoms with Crippen LogP contribution in [0.15, 0.2) is 59.4 Å². The summed E-state index contributed by atoms with van der Waals surface area (Å²) >= 11 is 6.42. The molecule has 0 saturated heterocycles. The number of likely N-dealkylation sites (N-methyl/N-ethyl adjacent to an activating group) is 1. The first-order valence-electron chi connectivity index (χ1n) is 9.43. The van der Waals surface area contributed by atoms with Crippen LogP contribution in [-0.2, 0) is 0 Å². The normalized spacial score (nSPS) is 12.3. The molecule has 5 nitrogen and oxygen atoms in total. The third-order valence-electron chi connectivity index (χ3n) is 4.97. The van der Waals surface area contributed by atoms with Crippen molar-refractivity contribution in [1.82, 2.24) is 15.2 Å². The highest BCUT2D eigenvalue weighted by atomic mass is 35.5. The highest BCUT2D eigenvalue weighted by molar-refractivity contribution is 6.31. The molecule has 0 unspecified atom stereocenters. The zero-order chi connectivity index (χ0) is 20.1. The highest BCUT2D eigenvalue weighted by Gasteiger charge is 2.22. The zero-order valence-corrected chi connectivity index (χ0v) is 16.8. The van der Waals surface area contributed by atoms with Gasteiger partial charge in [0.1, 0.15) is 0 Å². The molecule has 1 atom stereocenters. The average Bonchev–Trinajstić information content (AvgIpc) is 2.71. The Morgan fingerprint density at radius 1 is 1.11 bits per heavy atom. The fourth-order valence-electron chi connectivity index (χ4n) is 3.52. The first-order valence-corrected chi connectivity index (χ1v) is 9.81. The molecule has 0 aliphatic carbocycles. The molecule has 2 aromatic carbocycles. The number of pyridine rings is 1. The number of nitrogens with one attached hydrogen (secondary N) is 2. The Kier molecular flexibility index (Phi) is 6.49. The number of hydrogen-bond donors (Lipinski definition) is 2. The van der Waals surface area contributed by atoms with Gasteiger partial charge in [-0.25, -0.2) is 0 Å². The number of carbonyl (C=O) groups is 1. The fraction of sp³-hybridized carbons (Fsp3) is 0.273. The first kappa shape index (κ1) is 20.1. The zero-order valence-electron chi connectivity index (χ0n) is 16.0. The Morgan fingerprint density at radius 3 is 2.50 bits per heavy atom. The van der Waals surface area contributed by atoms with Crippen molar-refractivity contribution in [2.24, 2.45) is 0 Å². The van der Waals surface area contributed by atoms with Gasteiger partial charge in [0.15, 0.2) is 0 Å². The summed E-state index contributed by atoms with van der Waals surface area (Å²) in [5.41, 5.74) is 1.70. The third-order valence-corrected chi connectivity index (χ3v) is 5.31. The van der Waals surface area contributed by atoms with Crippen molar-refractivity contribution in [2.75, 3.05) is 19.6 Å². The van der Waals surface area contributed by atoms with E-state index < -0.39 is 0 Å². The molecule has 3 aromatic rings. The molecule has 2 N–H and O–H groups in total. The van der Waals surface area contributed by atoms with Gasteiger partial charge in [-0.3, -0.25) is 14.5 Å². The van der Waals surface area contributed by atoms with E-state index in [4.69, 9.17) is 11.6 Å². The van der Waals surface area contributed by atoms with Crippen LogP contribution in [0.5, 0.6) is 0 Å². The van der Waals surface area contributed by atoms with Crippen LogP contribution in [0.1, 0.15) is 35.8 Å². The van der Waals surface area contributed by atoms with Crippen LogP contribution in [0.25, 0.3) is 10.9 Å². The molecule has 6 heteroatoms. The molecule has 0 fully saturated rings. The largest absolute Gasteiger partial charge is 0.350 e. The quantitative estimate of drug-likeness (QED) is 0.633. The monoisotopic (exact) mass is 397 g/mol. The minimum absolute atomic E-state index is 0.0547. The van der Waals surface area contributed by atoms with Gasteiger partial charge in [0.25, 0.3) is 5.91 Å². The maximum Gasteiger partial charge on any atom is 0.252 e. The van der Waals surface area contributed by atoms with Crippen LogP contribution in [-0.4, -0.2) is 35.4 Å². The second-order valence-electron chi connectivity index (χ2n) is 6.56. The summed E-state index contributed by atoms with van der Waals surface area (Å²) in [6.45, 7) is 6.22. The molecule has 0 saturated carbocycles.